The average Bonchev–Trinajstić information content (AvgIpc) is 2.78. The maximum absolute atomic E-state index is 11.8. The Morgan fingerprint density at radius 2 is 2.06 bits per heavy atom. The molecule has 1 aromatic carbocycles. The Bertz CT molecular complexity index is 747. The molecule has 2 aromatic heterocycles. The van der Waals surface area contributed by atoms with Gasteiger partial charge < -0.3 is 4.98 Å². The molecule has 17 heavy (non-hydrogen) atoms. The number of benzene rings is 1. The normalized spacial score (nSPS) is 10.9. The predicted octanol–water partition coefficient (Wildman–Crippen LogP) is 3.31. The Kier molecular flexibility index (Phi) is 2.46. The number of hydrogen-bond acceptors (Lipinski definition) is 3. The second kappa shape index (κ2) is 3.98. The van der Waals surface area contributed by atoms with Gasteiger partial charge in [0, 0.05) is 5.56 Å². The Morgan fingerprint density at radius 3 is 2.88 bits per heavy atom. The molecule has 0 unspecified atom stereocenters. The SMILES string of the molecule is O=c1[nH]c(-c2ccccc2Cl)nc2ccsc12. The summed E-state index contributed by atoms with van der Waals surface area (Å²) in [6.07, 6.45) is 0. The first kappa shape index (κ1) is 10.5. The van der Waals surface area contributed by atoms with Gasteiger partial charge in [0.15, 0.2) is 0 Å². The first-order valence-corrected chi connectivity index (χ1v) is 6.24. The van der Waals surface area contributed by atoms with E-state index < -0.39 is 0 Å². The molecule has 0 saturated heterocycles. The van der Waals surface area contributed by atoms with Crippen LogP contribution in [0.1, 0.15) is 0 Å². The van der Waals surface area contributed by atoms with Gasteiger partial charge in [-0.2, -0.15) is 0 Å². The van der Waals surface area contributed by atoms with Crippen molar-refractivity contribution in [1.82, 2.24) is 9.97 Å². The van der Waals surface area contributed by atoms with E-state index in [1.807, 2.05) is 29.6 Å². The highest BCUT2D eigenvalue weighted by atomic mass is 35.5. The van der Waals surface area contributed by atoms with Crippen LogP contribution in [0, 0.1) is 0 Å². The quantitative estimate of drug-likeness (QED) is 0.731. The van der Waals surface area contributed by atoms with Gasteiger partial charge in [-0.1, -0.05) is 23.7 Å². The van der Waals surface area contributed by atoms with Crippen LogP contribution in [0.25, 0.3) is 21.6 Å². The average molecular weight is 263 g/mol. The molecule has 0 aliphatic heterocycles. The number of aromatic nitrogens is 2. The third-order valence-corrected chi connectivity index (χ3v) is 3.68. The molecule has 0 bridgehead atoms. The van der Waals surface area contributed by atoms with Crippen LogP contribution in [0.2, 0.25) is 5.02 Å². The Labute approximate surface area is 106 Å². The van der Waals surface area contributed by atoms with Crippen LogP contribution in [0.3, 0.4) is 0 Å². The predicted molar refractivity (Wildman–Crippen MR) is 70.7 cm³/mol. The topological polar surface area (TPSA) is 45.8 Å². The summed E-state index contributed by atoms with van der Waals surface area (Å²) in [5.41, 5.74) is 1.31. The summed E-state index contributed by atoms with van der Waals surface area (Å²) < 4.78 is 0.640. The van der Waals surface area contributed by atoms with E-state index in [-0.39, 0.29) is 5.56 Å². The molecule has 84 valence electrons. The lowest BCUT2D eigenvalue weighted by Gasteiger charge is -2.02. The lowest BCUT2D eigenvalue weighted by molar-refractivity contribution is 1.19. The van der Waals surface area contributed by atoms with Crippen LogP contribution in [0.15, 0.2) is 40.5 Å². The molecule has 5 heteroatoms. The lowest BCUT2D eigenvalue weighted by atomic mass is 10.2. The number of H-pyrrole nitrogens is 1. The van der Waals surface area contributed by atoms with E-state index in [0.717, 1.165) is 5.56 Å². The fourth-order valence-electron chi connectivity index (χ4n) is 1.65. The van der Waals surface area contributed by atoms with Gasteiger partial charge in [-0.15, -0.1) is 11.3 Å². The monoisotopic (exact) mass is 262 g/mol. The van der Waals surface area contributed by atoms with Crippen LogP contribution in [0.5, 0.6) is 0 Å². The van der Waals surface area contributed by atoms with E-state index in [0.29, 0.717) is 21.1 Å². The van der Waals surface area contributed by atoms with Crippen LogP contribution < -0.4 is 5.56 Å². The van der Waals surface area contributed by atoms with Crippen LogP contribution in [0.4, 0.5) is 0 Å². The van der Waals surface area contributed by atoms with Crippen molar-refractivity contribution in [2.75, 3.05) is 0 Å². The van der Waals surface area contributed by atoms with Crippen molar-refractivity contribution in [3.8, 4) is 11.4 Å². The van der Waals surface area contributed by atoms with E-state index in [1.165, 1.54) is 11.3 Å². The molecule has 0 saturated carbocycles. The summed E-state index contributed by atoms with van der Waals surface area (Å²) in [5.74, 6) is 0.506. The molecule has 0 radical (unpaired) electrons. The number of fused-ring (bicyclic) bond motifs is 1. The van der Waals surface area contributed by atoms with Crippen molar-refractivity contribution in [1.29, 1.82) is 0 Å². The zero-order chi connectivity index (χ0) is 11.8. The van der Waals surface area contributed by atoms with Crippen molar-refractivity contribution in [3.63, 3.8) is 0 Å². The zero-order valence-corrected chi connectivity index (χ0v) is 10.2. The highest BCUT2D eigenvalue weighted by Gasteiger charge is 2.08. The van der Waals surface area contributed by atoms with E-state index in [2.05, 4.69) is 9.97 Å². The molecule has 0 amide bonds. The number of aromatic amines is 1. The van der Waals surface area contributed by atoms with E-state index in [9.17, 15) is 4.79 Å². The van der Waals surface area contributed by atoms with Crippen molar-refractivity contribution in [3.05, 3.63) is 51.1 Å². The number of halogens is 1. The summed E-state index contributed by atoms with van der Waals surface area (Å²) >= 11 is 7.46. The minimum atomic E-state index is -0.125. The minimum absolute atomic E-state index is 0.125. The van der Waals surface area contributed by atoms with E-state index in [4.69, 9.17) is 11.6 Å². The first-order chi connectivity index (χ1) is 8.25. The first-order valence-electron chi connectivity index (χ1n) is 4.98. The Hall–Kier alpha value is -1.65. The molecule has 0 aliphatic carbocycles. The van der Waals surface area contributed by atoms with Crippen LogP contribution in [-0.2, 0) is 0 Å². The molecule has 2 heterocycles. The summed E-state index contributed by atoms with van der Waals surface area (Å²) in [5, 5.41) is 2.42. The molecular weight excluding hydrogens is 256 g/mol. The number of nitrogens with zero attached hydrogens (tertiary/aromatic N) is 1. The van der Waals surface area contributed by atoms with Crippen LogP contribution in [-0.4, -0.2) is 9.97 Å². The smallest absolute Gasteiger partial charge is 0.269 e. The van der Waals surface area contributed by atoms with Gasteiger partial charge in [0.25, 0.3) is 5.56 Å². The molecule has 1 N–H and O–H groups in total. The highest BCUT2D eigenvalue weighted by Crippen LogP contribution is 2.25. The van der Waals surface area contributed by atoms with Gasteiger partial charge in [-0.05, 0) is 23.6 Å². The van der Waals surface area contributed by atoms with Crippen molar-refractivity contribution < 1.29 is 0 Å². The third-order valence-electron chi connectivity index (χ3n) is 2.44. The second-order valence-corrected chi connectivity index (χ2v) is 4.85. The summed E-state index contributed by atoms with van der Waals surface area (Å²) in [6.45, 7) is 0. The third kappa shape index (κ3) is 1.75. The van der Waals surface area contributed by atoms with Gasteiger partial charge in [0.05, 0.1) is 10.5 Å². The molecule has 3 aromatic rings. The van der Waals surface area contributed by atoms with E-state index >= 15 is 0 Å². The number of thiophene rings is 1. The number of rotatable bonds is 1. The Balaban J connectivity index is 2.32. The fourth-order valence-corrected chi connectivity index (χ4v) is 2.60. The summed E-state index contributed by atoms with van der Waals surface area (Å²) in [4.78, 5) is 19.0. The molecule has 0 aliphatic rings. The largest absolute Gasteiger partial charge is 0.305 e. The molecule has 3 rings (SSSR count). The standard InChI is InChI=1S/C12H7ClN2OS/c13-8-4-2-1-3-7(8)11-14-9-5-6-17-10(9)12(16)15-11/h1-6H,(H,14,15,16). The molecule has 0 atom stereocenters. The van der Waals surface area contributed by atoms with Gasteiger partial charge >= 0.3 is 0 Å². The maximum atomic E-state index is 11.8. The van der Waals surface area contributed by atoms with Crippen molar-refractivity contribution >= 4 is 33.2 Å². The molecular formula is C12H7ClN2OS. The van der Waals surface area contributed by atoms with Crippen molar-refractivity contribution in [2.24, 2.45) is 0 Å². The lowest BCUT2D eigenvalue weighted by Crippen LogP contribution is -2.07. The number of hydrogen-bond donors (Lipinski definition) is 1. The Morgan fingerprint density at radius 1 is 1.24 bits per heavy atom. The zero-order valence-electron chi connectivity index (χ0n) is 8.61. The van der Waals surface area contributed by atoms with Gasteiger partial charge in [0.1, 0.15) is 10.5 Å². The molecule has 3 nitrogen and oxygen atoms in total. The van der Waals surface area contributed by atoms with Gasteiger partial charge in [-0.3, -0.25) is 4.79 Å². The molecule has 0 fully saturated rings. The summed E-state index contributed by atoms with van der Waals surface area (Å²) in [7, 11) is 0. The minimum Gasteiger partial charge on any atom is -0.305 e. The maximum Gasteiger partial charge on any atom is 0.269 e. The molecule has 0 spiro atoms. The summed E-state index contributed by atoms with van der Waals surface area (Å²) in [6, 6.07) is 9.13. The van der Waals surface area contributed by atoms with Gasteiger partial charge in [0.2, 0.25) is 0 Å². The highest BCUT2D eigenvalue weighted by molar-refractivity contribution is 7.17. The number of nitrogens with one attached hydrogen (secondary N) is 1. The van der Waals surface area contributed by atoms with E-state index in [1.54, 1.807) is 6.07 Å². The van der Waals surface area contributed by atoms with Crippen LogP contribution >= 0.6 is 22.9 Å². The van der Waals surface area contributed by atoms with Gasteiger partial charge in [-0.25, -0.2) is 4.98 Å². The van der Waals surface area contributed by atoms with Crippen molar-refractivity contribution in [2.45, 2.75) is 0 Å². The fraction of sp³-hybridized carbons (Fsp3) is 0. The second-order valence-electron chi connectivity index (χ2n) is 3.53.